The molecule has 3 heterocycles. The van der Waals surface area contributed by atoms with Crippen molar-refractivity contribution >= 4 is 46.0 Å². The van der Waals surface area contributed by atoms with E-state index in [-0.39, 0.29) is 41.4 Å². The van der Waals surface area contributed by atoms with Crippen molar-refractivity contribution in [1.29, 1.82) is 0 Å². The second-order valence-corrected chi connectivity index (χ2v) is 12.3. The van der Waals surface area contributed by atoms with Gasteiger partial charge >= 0.3 is 29.6 Å². The molecule has 2 aliphatic heterocycles. The van der Waals surface area contributed by atoms with Gasteiger partial charge in [-0.1, -0.05) is 44.9 Å². The van der Waals surface area contributed by atoms with Crippen molar-refractivity contribution in [3.05, 3.63) is 11.1 Å². The molecule has 0 radical (unpaired) electrons. The third-order valence-electron chi connectivity index (χ3n) is 6.97. The number of nitrogens with zero attached hydrogens (tertiary/aromatic N) is 2. The molecule has 176 valence electrons. The summed E-state index contributed by atoms with van der Waals surface area (Å²) < 4.78 is -0.680. The van der Waals surface area contributed by atoms with E-state index >= 15 is 0 Å². The predicted octanol–water partition coefficient (Wildman–Crippen LogP) is -1.14. The van der Waals surface area contributed by atoms with Crippen molar-refractivity contribution in [2.24, 2.45) is 5.92 Å². The van der Waals surface area contributed by atoms with Crippen LogP contribution < -0.4 is 45.7 Å². The number of carbonyl (C=O) groups is 3. The topological polar surface area (TPSA) is 128 Å². The van der Waals surface area contributed by atoms with Crippen LogP contribution in [0.2, 0.25) is 0 Å². The van der Waals surface area contributed by atoms with Gasteiger partial charge < -0.3 is 25.9 Å². The smallest absolute Gasteiger partial charge is 0.548 e. The Morgan fingerprint density at radius 2 is 1.91 bits per heavy atom. The summed E-state index contributed by atoms with van der Waals surface area (Å²) in [6.07, 6.45) is 8.97. The first-order valence-electron chi connectivity index (χ1n) is 11.4. The number of nitrogens with one attached hydrogen (secondary N) is 1. The number of rotatable bonds is 6. The maximum Gasteiger partial charge on any atom is 1.00 e. The summed E-state index contributed by atoms with van der Waals surface area (Å²) in [7, 11) is 0. The van der Waals surface area contributed by atoms with Crippen LogP contribution in [0.25, 0.3) is 0 Å². The summed E-state index contributed by atoms with van der Waals surface area (Å²) in [4.78, 5) is 43.5. The summed E-state index contributed by atoms with van der Waals surface area (Å²) in [6, 6.07) is -1.73. The van der Waals surface area contributed by atoms with E-state index < -0.39 is 34.1 Å². The van der Waals surface area contributed by atoms with E-state index in [9.17, 15) is 19.5 Å². The quantitative estimate of drug-likeness (QED) is 0.372. The summed E-state index contributed by atoms with van der Waals surface area (Å²) >= 11 is 2.71. The zero-order valence-corrected chi connectivity index (χ0v) is 23.2. The number of hydrogen-bond acceptors (Lipinski definition) is 8. The predicted molar refractivity (Wildman–Crippen MR) is 123 cm³/mol. The molecule has 1 unspecified atom stereocenters. The number of β-lactam (4-membered cyclic amide) rings is 1. The molecule has 1 aliphatic carbocycles. The molecule has 1 aromatic rings. The van der Waals surface area contributed by atoms with Gasteiger partial charge in [0, 0.05) is 10.1 Å². The number of aliphatic carboxylic acids is 1. The Labute approximate surface area is 225 Å². The second-order valence-electron chi connectivity index (χ2n) is 9.68. The molecule has 3 fully saturated rings. The van der Waals surface area contributed by atoms with Gasteiger partial charge in [-0.2, -0.15) is 0 Å². The fourth-order valence-electron chi connectivity index (χ4n) is 5.31. The molecule has 3 aliphatic rings. The number of carboxylic acids is 1. The molecule has 33 heavy (non-hydrogen) atoms. The van der Waals surface area contributed by atoms with Gasteiger partial charge in [0.15, 0.2) is 5.13 Å². The number of aromatic nitrogens is 1. The monoisotopic (exact) mass is 502 g/mol. The molecule has 8 nitrogen and oxygen atoms in total. The van der Waals surface area contributed by atoms with Gasteiger partial charge in [0.05, 0.1) is 23.6 Å². The molecule has 0 aromatic carbocycles. The van der Waals surface area contributed by atoms with Crippen LogP contribution in [0.3, 0.4) is 0 Å². The van der Waals surface area contributed by atoms with Gasteiger partial charge in [0.1, 0.15) is 11.4 Å². The standard InChI is InChI=1S/C22H32N4O4S2.Na/c1-22(2)16(20(29)30)26-18(28)15(19(26)32-22)25-17(27)13(14-11-31-21(23)24-14)10-12-8-6-4-3-5-7-9-12;/h11-13,15-16,19H,3-10H2,1-2H3,(H2,23,24)(H,25,27)(H,29,30);/q;+1/p-1/t13?,15-,16+,19-;/m1./s1. The van der Waals surface area contributed by atoms with Crippen LogP contribution in [-0.2, 0) is 14.4 Å². The largest absolute Gasteiger partial charge is 1.00 e. The number of nitrogen functional groups attached to an aromatic ring is 1. The molecule has 1 aromatic heterocycles. The third kappa shape index (κ3) is 5.55. The summed E-state index contributed by atoms with van der Waals surface area (Å²) in [5.41, 5.74) is 6.50. The number of hydrogen-bond donors (Lipinski definition) is 2. The van der Waals surface area contributed by atoms with Crippen LogP contribution in [0.5, 0.6) is 0 Å². The number of amides is 2. The molecule has 4 rings (SSSR count). The van der Waals surface area contributed by atoms with Crippen molar-refractivity contribution in [3.8, 4) is 0 Å². The Morgan fingerprint density at radius 3 is 2.48 bits per heavy atom. The molecule has 2 amide bonds. The van der Waals surface area contributed by atoms with E-state index in [0.717, 1.165) is 12.8 Å². The van der Waals surface area contributed by atoms with Gasteiger partial charge in [-0.3, -0.25) is 9.59 Å². The minimum Gasteiger partial charge on any atom is -0.548 e. The number of thioether (sulfide) groups is 1. The first-order chi connectivity index (χ1) is 15.2. The van der Waals surface area contributed by atoms with Gasteiger partial charge in [-0.25, -0.2) is 4.98 Å². The van der Waals surface area contributed by atoms with E-state index in [4.69, 9.17) is 5.73 Å². The van der Waals surface area contributed by atoms with E-state index in [2.05, 4.69) is 10.3 Å². The van der Waals surface area contributed by atoms with Crippen molar-refractivity contribution in [3.63, 3.8) is 0 Å². The minimum atomic E-state index is -1.26. The first kappa shape index (κ1) is 26.8. The van der Waals surface area contributed by atoms with Crippen molar-refractivity contribution in [1.82, 2.24) is 15.2 Å². The summed E-state index contributed by atoms with van der Waals surface area (Å²) in [5, 5.41) is 16.4. The van der Waals surface area contributed by atoms with Crippen LogP contribution >= 0.6 is 23.1 Å². The third-order valence-corrected chi connectivity index (χ3v) is 9.23. The Bertz CT molecular complexity index is 888. The first-order valence-corrected chi connectivity index (χ1v) is 13.2. The SMILES string of the molecule is CC1(C)S[C@@H]2[C@H](NC(=O)C(CC3CCCCCCC3)c3csc(N)n3)C(=O)N2[C@H]1C(=O)[O-].[Na+]. The van der Waals surface area contributed by atoms with Crippen molar-refractivity contribution in [2.45, 2.75) is 93.3 Å². The molecule has 0 spiro atoms. The molecule has 11 heteroatoms. The normalized spacial score (nSPS) is 28.0. The average Bonchev–Trinajstić information content (AvgIpc) is 3.23. The molecule has 4 atom stereocenters. The number of thiazole rings is 1. The molecule has 1 saturated carbocycles. The molecule has 3 N–H and O–H groups in total. The molecule has 0 bridgehead atoms. The maximum atomic E-state index is 13.4. The number of fused-ring (bicyclic) bond motifs is 1. The van der Waals surface area contributed by atoms with Gasteiger partial charge in [0.2, 0.25) is 11.8 Å². The van der Waals surface area contributed by atoms with Crippen LogP contribution in [0.1, 0.15) is 76.8 Å². The Morgan fingerprint density at radius 1 is 1.27 bits per heavy atom. The van der Waals surface area contributed by atoms with Gasteiger partial charge in [0.25, 0.3) is 0 Å². The maximum absolute atomic E-state index is 13.4. The molecule has 2 saturated heterocycles. The molecular weight excluding hydrogens is 471 g/mol. The second kappa shape index (κ2) is 10.8. The van der Waals surface area contributed by atoms with Crippen molar-refractivity contribution in [2.75, 3.05) is 5.73 Å². The van der Waals surface area contributed by atoms with E-state index in [0.29, 0.717) is 23.2 Å². The molecular formula is C22H31N4NaO4S2. The van der Waals surface area contributed by atoms with Gasteiger partial charge in [-0.05, 0) is 26.2 Å². The Kier molecular flexibility index (Phi) is 8.81. The zero-order valence-electron chi connectivity index (χ0n) is 19.5. The summed E-state index contributed by atoms with van der Waals surface area (Å²) in [5.74, 6) is -1.89. The number of carbonyl (C=O) groups excluding carboxylic acids is 3. The van der Waals surface area contributed by atoms with Crippen LogP contribution in [0.4, 0.5) is 5.13 Å². The number of anilines is 1. The van der Waals surface area contributed by atoms with Crippen molar-refractivity contribution < 1.29 is 49.0 Å². The fourth-order valence-corrected chi connectivity index (χ4v) is 7.55. The number of nitrogens with two attached hydrogens (primary N) is 1. The van der Waals surface area contributed by atoms with E-state index in [1.807, 2.05) is 5.38 Å². The van der Waals surface area contributed by atoms with E-state index in [1.165, 1.54) is 60.1 Å². The van der Waals surface area contributed by atoms with E-state index in [1.54, 1.807) is 13.8 Å². The minimum absolute atomic E-state index is 0. The van der Waals surface area contributed by atoms with Gasteiger partial charge in [-0.15, -0.1) is 23.1 Å². The number of carboxylic acid groups (broad SMARTS) is 1. The Hall–Kier alpha value is -0.810. The summed E-state index contributed by atoms with van der Waals surface area (Å²) in [6.45, 7) is 3.58. The van der Waals surface area contributed by atoms with Crippen LogP contribution in [-0.4, -0.2) is 49.9 Å². The van der Waals surface area contributed by atoms with Crippen LogP contribution in [0.15, 0.2) is 5.38 Å². The van der Waals surface area contributed by atoms with Crippen LogP contribution in [0, 0.1) is 5.92 Å². The Balaban J connectivity index is 0.00000306. The fraction of sp³-hybridized carbons (Fsp3) is 0.727. The zero-order chi connectivity index (χ0) is 23.0. The average molecular weight is 503 g/mol.